The fraction of sp³-hybridized carbons (Fsp3) is 0.278. The summed E-state index contributed by atoms with van der Waals surface area (Å²) in [4.78, 5) is 8.46. The summed E-state index contributed by atoms with van der Waals surface area (Å²) < 4.78 is 16.6. The molecule has 0 atom stereocenters. The van der Waals surface area contributed by atoms with Crippen molar-refractivity contribution < 1.29 is 19.1 Å². The molecule has 130 valence electrons. The molecule has 0 saturated heterocycles. The standard InChI is InChI=1S/C18H19N3O4/c1-3-23-15-6-5-13(10-16(15)24-4-2)18-20-17(21-25-18)12-7-8-19-14(9-12)11-22/h5-10,22H,3-4,11H2,1-2H3. The Labute approximate surface area is 145 Å². The Morgan fingerprint density at radius 3 is 2.56 bits per heavy atom. The van der Waals surface area contributed by atoms with Gasteiger partial charge in [-0.05, 0) is 44.2 Å². The SMILES string of the molecule is CCOc1ccc(-c2nc(-c3ccnc(CO)c3)no2)cc1OCC. The van der Waals surface area contributed by atoms with Gasteiger partial charge in [0, 0.05) is 17.3 Å². The second-order valence-electron chi connectivity index (χ2n) is 5.14. The van der Waals surface area contributed by atoms with Crippen LogP contribution < -0.4 is 9.47 Å². The molecule has 0 aliphatic rings. The summed E-state index contributed by atoms with van der Waals surface area (Å²) >= 11 is 0. The summed E-state index contributed by atoms with van der Waals surface area (Å²) in [5.74, 6) is 2.11. The maximum absolute atomic E-state index is 9.19. The molecule has 3 aromatic rings. The number of pyridine rings is 1. The van der Waals surface area contributed by atoms with Crippen LogP contribution in [-0.4, -0.2) is 33.4 Å². The lowest BCUT2D eigenvalue weighted by atomic mass is 10.2. The summed E-state index contributed by atoms with van der Waals surface area (Å²) in [6.07, 6.45) is 1.60. The van der Waals surface area contributed by atoms with Crippen molar-refractivity contribution in [3.05, 3.63) is 42.2 Å². The van der Waals surface area contributed by atoms with E-state index in [0.717, 1.165) is 11.1 Å². The minimum absolute atomic E-state index is 0.144. The number of nitrogens with zero attached hydrogens (tertiary/aromatic N) is 3. The highest BCUT2D eigenvalue weighted by Crippen LogP contribution is 2.33. The van der Waals surface area contributed by atoms with E-state index in [9.17, 15) is 5.11 Å². The molecular weight excluding hydrogens is 322 g/mol. The van der Waals surface area contributed by atoms with E-state index in [2.05, 4.69) is 15.1 Å². The van der Waals surface area contributed by atoms with E-state index in [1.165, 1.54) is 0 Å². The normalized spacial score (nSPS) is 10.7. The molecule has 25 heavy (non-hydrogen) atoms. The Morgan fingerprint density at radius 2 is 1.80 bits per heavy atom. The molecule has 7 nitrogen and oxygen atoms in total. The van der Waals surface area contributed by atoms with Gasteiger partial charge in [0.15, 0.2) is 11.5 Å². The average Bonchev–Trinajstić information content (AvgIpc) is 3.14. The molecule has 0 fully saturated rings. The van der Waals surface area contributed by atoms with Gasteiger partial charge in [0.1, 0.15) is 0 Å². The van der Waals surface area contributed by atoms with Crippen molar-refractivity contribution >= 4 is 0 Å². The fourth-order valence-electron chi connectivity index (χ4n) is 2.35. The lowest BCUT2D eigenvalue weighted by molar-refractivity contribution is 0.277. The predicted molar refractivity (Wildman–Crippen MR) is 91.2 cm³/mol. The minimum Gasteiger partial charge on any atom is -0.490 e. The lowest BCUT2D eigenvalue weighted by Gasteiger charge is -2.11. The highest BCUT2D eigenvalue weighted by molar-refractivity contribution is 5.63. The number of hydrogen-bond donors (Lipinski definition) is 1. The Morgan fingerprint density at radius 1 is 1.00 bits per heavy atom. The minimum atomic E-state index is -0.144. The molecule has 3 rings (SSSR count). The van der Waals surface area contributed by atoms with Crippen LogP contribution in [0.15, 0.2) is 41.1 Å². The van der Waals surface area contributed by atoms with Gasteiger partial charge >= 0.3 is 0 Å². The third-order valence-electron chi connectivity index (χ3n) is 3.45. The van der Waals surface area contributed by atoms with Crippen molar-refractivity contribution in [2.24, 2.45) is 0 Å². The van der Waals surface area contributed by atoms with Gasteiger partial charge in [0.2, 0.25) is 5.82 Å². The van der Waals surface area contributed by atoms with E-state index in [0.29, 0.717) is 42.1 Å². The maximum Gasteiger partial charge on any atom is 0.258 e. The molecule has 1 aromatic carbocycles. The van der Waals surface area contributed by atoms with Crippen LogP contribution in [0.1, 0.15) is 19.5 Å². The van der Waals surface area contributed by atoms with Crippen molar-refractivity contribution in [1.82, 2.24) is 15.1 Å². The van der Waals surface area contributed by atoms with Crippen LogP contribution in [0.25, 0.3) is 22.8 Å². The Bertz CT molecular complexity index is 848. The van der Waals surface area contributed by atoms with Gasteiger partial charge in [-0.2, -0.15) is 4.98 Å². The van der Waals surface area contributed by atoms with Gasteiger partial charge in [-0.3, -0.25) is 4.98 Å². The molecule has 2 heterocycles. The average molecular weight is 341 g/mol. The van der Waals surface area contributed by atoms with Crippen molar-refractivity contribution in [2.75, 3.05) is 13.2 Å². The Kier molecular flexibility index (Phi) is 5.25. The lowest BCUT2D eigenvalue weighted by Crippen LogP contribution is -1.98. The van der Waals surface area contributed by atoms with E-state index >= 15 is 0 Å². The van der Waals surface area contributed by atoms with Gasteiger partial charge in [-0.1, -0.05) is 5.16 Å². The third-order valence-corrected chi connectivity index (χ3v) is 3.45. The van der Waals surface area contributed by atoms with Gasteiger partial charge in [0.05, 0.1) is 25.5 Å². The molecule has 0 amide bonds. The highest BCUT2D eigenvalue weighted by atomic mass is 16.5. The van der Waals surface area contributed by atoms with E-state index < -0.39 is 0 Å². The number of benzene rings is 1. The molecule has 0 spiro atoms. The summed E-state index contributed by atoms with van der Waals surface area (Å²) in [6.45, 7) is 4.77. The molecular formula is C18H19N3O4. The van der Waals surface area contributed by atoms with Crippen LogP contribution in [-0.2, 0) is 6.61 Å². The summed E-state index contributed by atoms with van der Waals surface area (Å²) in [5, 5.41) is 13.2. The fourth-order valence-corrected chi connectivity index (χ4v) is 2.35. The predicted octanol–water partition coefficient (Wildman–Crippen LogP) is 3.09. The molecule has 2 aromatic heterocycles. The van der Waals surface area contributed by atoms with E-state index in [1.54, 1.807) is 18.3 Å². The number of rotatable bonds is 7. The van der Waals surface area contributed by atoms with Crippen LogP contribution in [0.4, 0.5) is 0 Å². The largest absolute Gasteiger partial charge is 0.490 e. The van der Waals surface area contributed by atoms with Crippen LogP contribution >= 0.6 is 0 Å². The van der Waals surface area contributed by atoms with Crippen LogP contribution in [0, 0.1) is 0 Å². The molecule has 0 unspecified atom stereocenters. The zero-order valence-corrected chi connectivity index (χ0v) is 14.1. The molecule has 7 heteroatoms. The summed E-state index contributed by atoms with van der Waals surface area (Å²) in [7, 11) is 0. The van der Waals surface area contributed by atoms with E-state index in [-0.39, 0.29) is 6.61 Å². The molecule has 0 bridgehead atoms. The zero-order valence-electron chi connectivity index (χ0n) is 14.1. The zero-order chi connectivity index (χ0) is 17.6. The van der Waals surface area contributed by atoms with Gasteiger partial charge in [0.25, 0.3) is 5.89 Å². The molecule has 0 aliphatic carbocycles. The molecule has 1 N–H and O–H groups in total. The van der Waals surface area contributed by atoms with Gasteiger partial charge in [-0.15, -0.1) is 0 Å². The first-order chi connectivity index (χ1) is 12.2. The van der Waals surface area contributed by atoms with Crippen LogP contribution in [0.2, 0.25) is 0 Å². The summed E-state index contributed by atoms with van der Waals surface area (Å²) in [6, 6.07) is 8.97. The molecule has 0 saturated carbocycles. The second-order valence-corrected chi connectivity index (χ2v) is 5.14. The highest BCUT2D eigenvalue weighted by Gasteiger charge is 2.14. The Balaban J connectivity index is 1.92. The smallest absolute Gasteiger partial charge is 0.258 e. The van der Waals surface area contributed by atoms with Crippen LogP contribution in [0.5, 0.6) is 11.5 Å². The summed E-state index contributed by atoms with van der Waals surface area (Å²) in [5.41, 5.74) is 2.01. The number of hydrogen-bond acceptors (Lipinski definition) is 7. The quantitative estimate of drug-likeness (QED) is 0.706. The third kappa shape index (κ3) is 3.77. The van der Waals surface area contributed by atoms with Crippen LogP contribution in [0.3, 0.4) is 0 Å². The first-order valence-electron chi connectivity index (χ1n) is 8.05. The van der Waals surface area contributed by atoms with Crippen molar-refractivity contribution in [3.8, 4) is 34.3 Å². The van der Waals surface area contributed by atoms with Crippen molar-refractivity contribution in [2.45, 2.75) is 20.5 Å². The molecule has 0 aliphatic heterocycles. The molecule has 0 radical (unpaired) electrons. The first-order valence-corrected chi connectivity index (χ1v) is 8.05. The Hall–Kier alpha value is -2.93. The monoisotopic (exact) mass is 341 g/mol. The first kappa shape index (κ1) is 16.9. The topological polar surface area (TPSA) is 90.5 Å². The maximum atomic E-state index is 9.19. The number of ether oxygens (including phenoxy) is 2. The second kappa shape index (κ2) is 7.76. The number of aliphatic hydroxyl groups excluding tert-OH is 1. The number of aromatic nitrogens is 3. The van der Waals surface area contributed by atoms with E-state index in [1.807, 2.05) is 32.0 Å². The van der Waals surface area contributed by atoms with Crippen molar-refractivity contribution in [1.29, 1.82) is 0 Å². The number of aliphatic hydroxyl groups is 1. The van der Waals surface area contributed by atoms with E-state index in [4.69, 9.17) is 14.0 Å². The van der Waals surface area contributed by atoms with Crippen molar-refractivity contribution in [3.63, 3.8) is 0 Å². The van der Waals surface area contributed by atoms with Gasteiger partial charge in [-0.25, -0.2) is 0 Å². The van der Waals surface area contributed by atoms with Gasteiger partial charge < -0.3 is 19.1 Å².